The predicted octanol–water partition coefficient (Wildman–Crippen LogP) is -3.50. The van der Waals surface area contributed by atoms with E-state index in [9.17, 15) is 14.4 Å². The van der Waals surface area contributed by atoms with Crippen LogP contribution < -0.4 is 51.4 Å². The molecule has 0 radical (unpaired) electrons. The number of hydrogen-bond donors (Lipinski definition) is 4. The third-order valence-electron chi connectivity index (χ3n) is 1.29. The minimum absolute atomic E-state index is 0. The standard InChI is InChI=1S/C6H8O7.CH4.K.H/c7-3(8)1-6(13,5(11)12)2-4(9)10;;;/h13H,1-2H2,(H,7,8)(H,9,10)(H,11,12);1H4;;/q;;+1;-1. The smallest absolute Gasteiger partial charge is 1.00 e. The van der Waals surface area contributed by atoms with Gasteiger partial charge < -0.3 is 21.9 Å². The Hall–Kier alpha value is 0.00636. The molecule has 7 nitrogen and oxygen atoms in total. The van der Waals surface area contributed by atoms with Crippen LogP contribution in [0.1, 0.15) is 21.7 Å². The van der Waals surface area contributed by atoms with E-state index in [1.807, 2.05) is 0 Å². The van der Waals surface area contributed by atoms with E-state index < -0.39 is 36.4 Å². The number of carbonyl (C=O) groups is 3. The van der Waals surface area contributed by atoms with Crippen LogP contribution in [0.2, 0.25) is 0 Å². The molecular formula is C7H13KO7. The van der Waals surface area contributed by atoms with Crippen LogP contribution >= 0.6 is 0 Å². The fourth-order valence-corrected chi connectivity index (χ4v) is 0.714. The molecule has 0 bridgehead atoms. The van der Waals surface area contributed by atoms with Crippen molar-refractivity contribution in [2.45, 2.75) is 25.9 Å². The molecule has 0 aromatic rings. The molecule has 8 heteroatoms. The largest absolute Gasteiger partial charge is 1.00 e. The van der Waals surface area contributed by atoms with E-state index in [0.717, 1.165) is 0 Å². The maximum atomic E-state index is 10.3. The SMILES string of the molecule is C.O=C(O)CC(O)(CC(=O)O)C(=O)O.[H-].[K+]. The summed E-state index contributed by atoms with van der Waals surface area (Å²) in [5.74, 6) is -5.02. The molecule has 0 aliphatic carbocycles. The molecular weight excluding hydrogens is 235 g/mol. The zero-order valence-corrected chi connectivity index (χ0v) is 10.6. The van der Waals surface area contributed by atoms with Gasteiger partial charge in [-0.05, 0) is 0 Å². The molecule has 0 aromatic heterocycles. The summed E-state index contributed by atoms with van der Waals surface area (Å²) in [4.78, 5) is 30.5. The van der Waals surface area contributed by atoms with Gasteiger partial charge in [0.25, 0.3) is 0 Å². The predicted molar refractivity (Wildman–Crippen MR) is 44.9 cm³/mol. The number of aliphatic carboxylic acids is 3. The summed E-state index contributed by atoms with van der Waals surface area (Å²) in [5, 5.41) is 33.8. The van der Waals surface area contributed by atoms with Gasteiger partial charge in [-0.3, -0.25) is 9.59 Å². The van der Waals surface area contributed by atoms with Crippen molar-refractivity contribution in [3.8, 4) is 0 Å². The van der Waals surface area contributed by atoms with E-state index in [0.29, 0.717) is 0 Å². The van der Waals surface area contributed by atoms with Gasteiger partial charge in [-0.2, -0.15) is 0 Å². The Kier molecular flexibility index (Phi) is 11.2. The van der Waals surface area contributed by atoms with Gasteiger partial charge in [0, 0.05) is 0 Å². The Balaban J connectivity index is -0.000000240. The first kappa shape index (κ1) is 20.4. The van der Waals surface area contributed by atoms with Crippen LogP contribution in [0, 0.1) is 0 Å². The molecule has 0 aliphatic rings. The zero-order chi connectivity index (χ0) is 10.6. The normalized spacial score (nSPS) is 9.40. The Morgan fingerprint density at radius 1 is 1.00 bits per heavy atom. The van der Waals surface area contributed by atoms with E-state index in [2.05, 4.69) is 0 Å². The van der Waals surface area contributed by atoms with Gasteiger partial charge in [-0.15, -0.1) is 0 Å². The monoisotopic (exact) mass is 248 g/mol. The first-order valence-corrected chi connectivity index (χ1v) is 3.17. The van der Waals surface area contributed by atoms with E-state index in [4.69, 9.17) is 20.4 Å². The summed E-state index contributed by atoms with van der Waals surface area (Å²) >= 11 is 0. The summed E-state index contributed by atoms with van der Waals surface area (Å²) in [6.45, 7) is 0. The molecule has 84 valence electrons. The average Bonchev–Trinajstić information content (AvgIpc) is 1.82. The average molecular weight is 248 g/mol. The number of rotatable bonds is 5. The second kappa shape index (κ2) is 8.19. The molecule has 0 aromatic carbocycles. The Labute approximate surface area is 130 Å². The number of hydrogen-bond acceptors (Lipinski definition) is 4. The first-order valence-electron chi connectivity index (χ1n) is 3.17. The molecule has 0 aliphatic heterocycles. The Morgan fingerprint density at radius 2 is 1.27 bits per heavy atom. The molecule has 0 rings (SSSR count). The van der Waals surface area contributed by atoms with Crippen molar-refractivity contribution in [2.24, 2.45) is 0 Å². The third-order valence-corrected chi connectivity index (χ3v) is 1.29. The van der Waals surface area contributed by atoms with E-state index >= 15 is 0 Å². The summed E-state index contributed by atoms with van der Waals surface area (Å²) in [6, 6.07) is 0. The van der Waals surface area contributed by atoms with Crippen LogP contribution in [0.5, 0.6) is 0 Å². The molecule has 0 unspecified atom stereocenters. The Morgan fingerprint density at radius 3 is 1.40 bits per heavy atom. The van der Waals surface area contributed by atoms with Gasteiger partial charge in [-0.1, -0.05) is 7.43 Å². The van der Waals surface area contributed by atoms with Gasteiger partial charge in [0.1, 0.15) is 0 Å². The summed E-state index contributed by atoms with van der Waals surface area (Å²) < 4.78 is 0. The van der Waals surface area contributed by atoms with Crippen molar-refractivity contribution < 1.29 is 87.6 Å². The molecule has 0 atom stereocenters. The van der Waals surface area contributed by atoms with Crippen molar-refractivity contribution in [3.63, 3.8) is 0 Å². The van der Waals surface area contributed by atoms with E-state index in [1.165, 1.54) is 0 Å². The number of carboxylic acids is 3. The Bertz CT molecular complexity index is 239. The molecule has 0 fully saturated rings. The molecule has 4 N–H and O–H groups in total. The fourth-order valence-electron chi connectivity index (χ4n) is 0.714. The molecule has 0 spiro atoms. The van der Waals surface area contributed by atoms with Crippen LogP contribution in [0.4, 0.5) is 0 Å². The quantitative estimate of drug-likeness (QED) is 0.371. The second-order valence-corrected chi connectivity index (χ2v) is 2.48. The minimum atomic E-state index is -2.74. The van der Waals surface area contributed by atoms with Crippen molar-refractivity contribution in [1.29, 1.82) is 0 Å². The molecule has 0 saturated carbocycles. The zero-order valence-electron chi connectivity index (χ0n) is 8.43. The topological polar surface area (TPSA) is 132 Å². The second-order valence-electron chi connectivity index (χ2n) is 2.48. The maximum absolute atomic E-state index is 10.3. The van der Waals surface area contributed by atoms with E-state index in [-0.39, 0.29) is 60.2 Å². The van der Waals surface area contributed by atoms with Gasteiger partial charge >= 0.3 is 69.3 Å². The van der Waals surface area contributed by atoms with Crippen LogP contribution in [-0.2, 0) is 14.4 Å². The minimum Gasteiger partial charge on any atom is -1.00 e. The summed E-state index contributed by atoms with van der Waals surface area (Å²) in [7, 11) is 0. The van der Waals surface area contributed by atoms with Gasteiger partial charge in [-0.25, -0.2) is 4.79 Å². The molecule has 0 amide bonds. The van der Waals surface area contributed by atoms with Crippen molar-refractivity contribution in [3.05, 3.63) is 0 Å². The van der Waals surface area contributed by atoms with Crippen LogP contribution in [0.25, 0.3) is 0 Å². The van der Waals surface area contributed by atoms with Crippen LogP contribution in [0.3, 0.4) is 0 Å². The maximum Gasteiger partial charge on any atom is 1.00 e. The van der Waals surface area contributed by atoms with Crippen LogP contribution in [0.15, 0.2) is 0 Å². The molecule has 15 heavy (non-hydrogen) atoms. The van der Waals surface area contributed by atoms with Gasteiger partial charge in [0.05, 0.1) is 12.8 Å². The molecule has 0 heterocycles. The summed E-state index contributed by atoms with van der Waals surface area (Å²) in [6.07, 6.45) is -2.29. The van der Waals surface area contributed by atoms with Gasteiger partial charge in [0.15, 0.2) is 5.60 Å². The van der Waals surface area contributed by atoms with Crippen LogP contribution in [-0.4, -0.2) is 43.9 Å². The van der Waals surface area contributed by atoms with E-state index in [1.54, 1.807) is 0 Å². The van der Waals surface area contributed by atoms with Crippen molar-refractivity contribution in [2.75, 3.05) is 0 Å². The van der Waals surface area contributed by atoms with Gasteiger partial charge in [0.2, 0.25) is 0 Å². The summed E-state index contributed by atoms with van der Waals surface area (Å²) in [5.41, 5.74) is -2.74. The molecule has 0 saturated heterocycles. The fraction of sp³-hybridized carbons (Fsp3) is 0.571. The van der Waals surface area contributed by atoms with Crippen molar-refractivity contribution >= 4 is 17.9 Å². The third kappa shape index (κ3) is 7.88. The number of aliphatic hydroxyl groups is 1. The first-order chi connectivity index (χ1) is 5.78. The van der Waals surface area contributed by atoms with Crippen molar-refractivity contribution in [1.82, 2.24) is 0 Å². The number of carboxylic acid groups (broad SMARTS) is 3.